The molecule has 0 aliphatic carbocycles. The molecule has 0 spiro atoms. The van der Waals surface area contributed by atoms with Gasteiger partial charge in [0.2, 0.25) is 5.88 Å². The molecule has 4 aromatic rings. The van der Waals surface area contributed by atoms with Crippen LogP contribution in [0, 0.1) is 9.54 Å². The van der Waals surface area contributed by atoms with Gasteiger partial charge in [-0.15, -0.1) is 0 Å². The number of methoxy groups -OCH3 is 1. The van der Waals surface area contributed by atoms with E-state index in [0.29, 0.717) is 17.9 Å². The summed E-state index contributed by atoms with van der Waals surface area (Å²) >= 11 is 10.3. The topological polar surface area (TPSA) is 145 Å². The van der Waals surface area contributed by atoms with Crippen LogP contribution in [0.3, 0.4) is 0 Å². The Balaban J connectivity index is 1.71. The molecule has 1 aromatic carbocycles. The summed E-state index contributed by atoms with van der Waals surface area (Å²) in [5, 5.41) is 24.7. The maximum Gasteiger partial charge on any atom is 0.259 e. The third kappa shape index (κ3) is 5.42. The summed E-state index contributed by atoms with van der Waals surface area (Å²) in [6.45, 7) is 1.53. The Hall–Kier alpha value is -4.07. The van der Waals surface area contributed by atoms with Crippen LogP contribution < -0.4 is 25.9 Å². The number of rotatable bonds is 7. The lowest BCUT2D eigenvalue weighted by molar-refractivity contribution is -0.950. The number of ether oxygens (including phenoxy) is 1. The van der Waals surface area contributed by atoms with Crippen LogP contribution in [0.15, 0.2) is 52.3 Å². The SMILES string of the molecule is COc1ccc(C(c2c([O-])n(C)c(=S)[nH]c2=O)c2c(O)n(C)c(=S)[nH]c2=O)cc1C[NH+]1CCCCC1c1cccnc1. The fourth-order valence-corrected chi connectivity index (χ4v) is 6.23. The molecule has 220 valence electrons. The van der Waals surface area contributed by atoms with Crippen molar-refractivity contribution in [3.8, 4) is 17.5 Å². The summed E-state index contributed by atoms with van der Waals surface area (Å²) in [6.07, 6.45) is 6.87. The molecule has 3 aromatic heterocycles. The van der Waals surface area contributed by atoms with Crippen LogP contribution in [0.25, 0.3) is 0 Å². The molecule has 42 heavy (non-hydrogen) atoms. The third-order valence-corrected chi connectivity index (χ3v) is 8.84. The van der Waals surface area contributed by atoms with Gasteiger partial charge in [-0.3, -0.25) is 29.1 Å². The van der Waals surface area contributed by atoms with E-state index in [0.717, 1.165) is 41.5 Å². The van der Waals surface area contributed by atoms with Gasteiger partial charge in [-0.05, 0) is 66.9 Å². The summed E-state index contributed by atoms with van der Waals surface area (Å²) in [5.41, 5.74) is 0.566. The van der Waals surface area contributed by atoms with E-state index < -0.39 is 28.8 Å². The van der Waals surface area contributed by atoms with Gasteiger partial charge in [0.15, 0.2) is 9.54 Å². The highest BCUT2D eigenvalue weighted by atomic mass is 32.1. The molecule has 0 bridgehead atoms. The van der Waals surface area contributed by atoms with Gasteiger partial charge in [0.25, 0.3) is 11.1 Å². The van der Waals surface area contributed by atoms with Crippen molar-refractivity contribution in [1.82, 2.24) is 24.1 Å². The average molecular weight is 609 g/mol. The largest absolute Gasteiger partial charge is 0.860 e. The molecule has 4 N–H and O–H groups in total. The fourth-order valence-electron chi connectivity index (χ4n) is 5.87. The van der Waals surface area contributed by atoms with Crippen molar-refractivity contribution >= 4 is 24.4 Å². The predicted molar refractivity (Wildman–Crippen MR) is 159 cm³/mol. The monoisotopic (exact) mass is 608 g/mol. The second kappa shape index (κ2) is 12.0. The summed E-state index contributed by atoms with van der Waals surface area (Å²) in [5.74, 6) is -1.72. The highest BCUT2D eigenvalue weighted by Crippen LogP contribution is 2.37. The van der Waals surface area contributed by atoms with E-state index >= 15 is 0 Å². The smallest absolute Gasteiger partial charge is 0.259 e. The molecular formula is C29H32N6O5S2. The molecule has 11 nitrogen and oxygen atoms in total. The number of likely N-dealkylation sites (tertiary alicyclic amines) is 1. The molecule has 1 saturated heterocycles. The summed E-state index contributed by atoms with van der Waals surface area (Å²) in [6, 6.07) is 9.56. The zero-order valence-corrected chi connectivity index (χ0v) is 25.1. The van der Waals surface area contributed by atoms with Crippen molar-refractivity contribution in [3.63, 3.8) is 0 Å². The van der Waals surface area contributed by atoms with Crippen LogP contribution in [-0.2, 0) is 20.6 Å². The molecule has 4 heterocycles. The fraction of sp³-hybridized carbons (Fsp3) is 0.345. The van der Waals surface area contributed by atoms with Crippen LogP contribution in [0.4, 0.5) is 0 Å². The molecule has 0 saturated carbocycles. The van der Waals surface area contributed by atoms with Gasteiger partial charge in [-0.1, -0.05) is 12.1 Å². The van der Waals surface area contributed by atoms with E-state index in [4.69, 9.17) is 29.2 Å². The number of aromatic hydroxyl groups is 1. The number of piperidine rings is 1. The van der Waals surface area contributed by atoms with Crippen molar-refractivity contribution in [1.29, 1.82) is 0 Å². The molecule has 5 rings (SSSR count). The van der Waals surface area contributed by atoms with E-state index in [2.05, 4.69) is 21.0 Å². The van der Waals surface area contributed by atoms with E-state index in [1.165, 1.54) is 23.6 Å². The Bertz CT molecular complexity index is 1780. The Kier molecular flexibility index (Phi) is 8.43. The van der Waals surface area contributed by atoms with Crippen LogP contribution in [0.5, 0.6) is 17.5 Å². The minimum Gasteiger partial charge on any atom is -0.860 e. The number of hydrogen-bond acceptors (Lipinski definition) is 8. The van der Waals surface area contributed by atoms with E-state index in [9.17, 15) is 19.8 Å². The third-order valence-electron chi connectivity index (χ3n) is 8.09. The van der Waals surface area contributed by atoms with Gasteiger partial charge in [0.1, 0.15) is 18.3 Å². The van der Waals surface area contributed by atoms with Gasteiger partial charge in [-0.25, -0.2) is 0 Å². The van der Waals surface area contributed by atoms with E-state index in [-0.39, 0.29) is 26.7 Å². The molecule has 1 aliphatic heterocycles. The van der Waals surface area contributed by atoms with Gasteiger partial charge in [0.05, 0.1) is 25.1 Å². The Morgan fingerprint density at radius 3 is 2.52 bits per heavy atom. The molecule has 3 unspecified atom stereocenters. The highest BCUT2D eigenvalue weighted by Gasteiger charge is 2.32. The number of quaternary nitrogens is 1. The maximum absolute atomic E-state index is 13.5. The lowest BCUT2D eigenvalue weighted by Crippen LogP contribution is -3.11. The standard InChI is InChI=1S/C29H32N6O5S2/c1-33-26(38)22(24(36)31-28(33)41)21(23-25(37)32-29(42)34(2)27(23)39)16-9-10-20(40-3)18(13-16)15-35-12-5-4-8-19(35)17-7-6-11-30-14-17/h6-7,9-11,13-14,19,21,38-39H,4-5,8,12,15H2,1-3H3,(H,31,36,41)(H,32,37,42). The number of aromatic nitrogens is 5. The van der Waals surface area contributed by atoms with E-state index in [1.54, 1.807) is 25.4 Å². The number of pyridine rings is 1. The number of hydrogen-bond donors (Lipinski definition) is 4. The Morgan fingerprint density at radius 1 is 1.12 bits per heavy atom. The van der Waals surface area contributed by atoms with Gasteiger partial charge in [-0.2, -0.15) is 0 Å². The first-order chi connectivity index (χ1) is 20.1. The van der Waals surface area contributed by atoms with Crippen LogP contribution in [0.1, 0.15) is 59.0 Å². The minimum atomic E-state index is -1.23. The van der Waals surface area contributed by atoms with E-state index in [1.807, 2.05) is 18.3 Å². The number of H-pyrrole nitrogens is 2. The number of nitrogens with zero attached hydrogens (tertiary/aromatic N) is 3. The van der Waals surface area contributed by atoms with Crippen LogP contribution in [0.2, 0.25) is 0 Å². The number of benzene rings is 1. The first-order valence-corrected chi connectivity index (χ1v) is 14.4. The second-order valence-electron chi connectivity index (χ2n) is 10.5. The Labute approximate surface area is 251 Å². The van der Waals surface area contributed by atoms with Crippen LogP contribution >= 0.6 is 24.4 Å². The predicted octanol–water partition coefficient (Wildman–Crippen LogP) is 1.87. The highest BCUT2D eigenvalue weighted by molar-refractivity contribution is 7.71. The van der Waals surface area contributed by atoms with Gasteiger partial charge >= 0.3 is 0 Å². The lowest BCUT2D eigenvalue weighted by atomic mass is 9.85. The molecule has 1 fully saturated rings. The normalized spacial score (nSPS) is 17.6. The van der Waals surface area contributed by atoms with Crippen molar-refractivity contribution < 1.29 is 19.8 Å². The molecule has 3 atom stereocenters. The number of nitrogens with one attached hydrogen (secondary N) is 3. The zero-order chi connectivity index (χ0) is 30.1. The second-order valence-corrected chi connectivity index (χ2v) is 11.3. The summed E-state index contributed by atoms with van der Waals surface area (Å²) < 4.78 is 8.02. The Morgan fingerprint density at radius 2 is 1.83 bits per heavy atom. The van der Waals surface area contributed by atoms with Crippen LogP contribution in [-0.4, -0.2) is 42.8 Å². The molecular weight excluding hydrogens is 576 g/mol. The summed E-state index contributed by atoms with van der Waals surface area (Å²) in [4.78, 5) is 37.4. The molecule has 0 amide bonds. The quantitative estimate of drug-likeness (QED) is 0.233. The number of aromatic amines is 2. The first-order valence-electron chi connectivity index (χ1n) is 13.6. The first kappa shape index (κ1) is 29.4. The molecule has 1 aliphatic rings. The zero-order valence-electron chi connectivity index (χ0n) is 23.5. The lowest BCUT2D eigenvalue weighted by Gasteiger charge is -2.33. The average Bonchev–Trinajstić information content (AvgIpc) is 2.98. The van der Waals surface area contributed by atoms with Crippen molar-refractivity contribution in [3.05, 3.63) is 101 Å². The van der Waals surface area contributed by atoms with Crippen molar-refractivity contribution in [2.75, 3.05) is 13.7 Å². The summed E-state index contributed by atoms with van der Waals surface area (Å²) in [7, 11) is 4.51. The van der Waals surface area contributed by atoms with Crippen molar-refractivity contribution in [2.45, 2.75) is 37.8 Å². The minimum absolute atomic E-state index is 0.00622. The molecule has 13 heteroatoms. The van der Waals surface area contributed by atoms with Crippen molar-refractivity contribution in [2.24, 2.45) is 14.1 Å². The molecule has 0 radical (unpaired) electrons. The van der Waals surface area contributed by atoms with Gasteiger partial charge in [0, 0.05) is 49.6 Å². The maximum atomic E-state index is 13.5. The van der Waals surface area contributed by atoms with Gasteiger partial charge < -0.3 is 24.4 Å².